The molecule has 3 heteroatoms. The molecule has 2 heterocycles. The summed E-state index contributed by atoms with van der Waals surface area (Å²) in [6.45, 7) is 18.2. The molecule has 1 aromatic heterocycles. The lowest BCUT2D eigenvalue weighted by atomic mass is 9.81. The highest BCUT2D eigenvalue weighted by atomic mass is 16.5. The Bertz CT molecular complexity index is 1760. The quantitative estimate of drug-likeness (QED) is 0.218. The fourth-order valence-electron chi connectivity index (χ4n) is 6.41. The van der Waals surface area contributed by atoms with Crippen LogP contribution in [0.4, 0.5) is 0 Å². The molecule has 1 aliphatic rings. The van der Waals surface area contributed by atoms with Gasteiger partial charge in [0.1, 0.15) is 16.9 Å². The molecule has 0 atom stereocenters. The van der Waals surface area contributed by atoms with Gasteiger partial charge in [-0.2, -0.15) is 0 Å². The van der Waals surface area contributed by atoms with Crippen molar-refractivity contribution in [1.82, 2.24) is 4.98 Å². The second-order valence-electron chi connectivity index (χ2n) is 12.2. The summed E-state index contributed by atoms with van der Waals surface area (Å²) in [5.41, 5.74) is 12.5. The average molecular weight is 516 g/mol. The zero-order valence-corrected chi connectivity index (χ0v) is 24.7. The highest BCUT2D eigenvalue weighted by Gasteiger charge is 2.32. The molecule has 0 saturated heterocycles. The molecule has 0 spiro atoms. The number of rotatable bonds is 4. The average Bonchev–Trinajstić information content (AvgIpc) is 2.92. The van der Waals surface area contributed by atoms with Gasteiger partial charge < -0.3 is 4.74 Å². The van der Waals surface area contributed by atoms with E-state index in [-0.39, 0.29) is 0 Å². The third-order valence-electron chi connectivity index (χ3n) is 8.59. The minimum absolute atomic E-state index is 0.401. The molecule has 0 bridgehead atoms. The minimum Gasteiger partial charge on any atom is -0.455 e. The van der Waals surface area contributed by atoms with Crippen LogP contribution in [0.15, 0.2) is 54.9 Å². The number of aryl methyl sites for hydroxylation is 3. The molecule has 5 aromatic rings. The fourth-order valence-corrected chi connectivity index (χ4v) is 6.41. The highest BCUT2D eigenvalue weighted by Crippen LogP contribution is 2.51. The van der Waals surface area contributed by atoms with E-state index in [1.54, 1.807) is 0 Å². The molecule has 1 aliphatic heterocycles. The first-order valence-corrected chi connectivity index (χ1v) is 14.3. The number of nitrogens with zero attached hydrogens (tertiary/aromatic N) is 2. The van der Waals surface area contributed by atoms with Crippen LogP contribution < -0.4 is 9.30 Å². The summed E-state index contributed by atoms with van der Waals surface area (Å²) in [7, 11) is 2.09. The Morgan fingerprint density at radius 3 is 1.95 bits per heavy atom. The molecule has 0 fully saturated rings. The molecule has 0 amide bonds. The SMILES string of the molecule is Cc1c2c(c(C)c3ccccc13)-c1c3c(cc(-c4c(C(C)C)cc(C(C)C)cc4C(C)C)cc3nc[n+]1C)O2. The van der Waals surface area contributed by atoms with E-state index in [1.165, 1.54) is 61.0 Å². The third-order valence-corrected chi connectivity index (χ3v) is 8.59. The maximum absolute atomic E-state index is 6.90. The lowest BCUT2D eigenvalue weighted by Crippen LogP contribution is -2.33. The molecule has 6 rings (SSSR count). The van der Waals surface area contributed by atoms with E-state index < -0.39 is 0 Å². The van der Waals surface area contributed by atoms with E-state index >= 15 is 0 Å². The van der Waals surface area contributed by atoms with Crippen molar-refractivity contribution in [1.29, 1.82) is 0 Å². The van der Waals surface area contributed by atoms with Gasteiger partial charge in [0.25, 0.3) is 6.33 Å². The Morgan fingerprint density at radius 2 is 1.36 bits per heavy atom. The zero-order chi connectivity index (χ0) is 27.7. The summed E-state index contributed by atoms with van der Waals surface area (Å²) in [4.78, 5) is 4.94. The maximum Gasteiger partial charge on any atom is 0.287 e. The molecular formula is C36H39N2O+. The van der Waals surface area contributed by atoms with Gasteiger partial charge in [-0.25, -0.2) is 4.57 Å². The Labute approximate surface area is 232 Å². The number of aromatic nitrogens is 2. The van der Waals surface area contributed by atoms with Crippen molar-refractivity contribution >= 4 is 21.7 Å². The topological polar surface area (TPSA) is 26.0 Å². The predicted molar refractivity (Wildman–Crippen MR) is 163 cm³/mol. The number of ether oxygens (including phenoxy) is 1. The Kier molecular flexibility index (Phi) is 6.02. The van der Waals surface area contributed by atoms with Gasteiger partial charge in [0.15, 0.2) is 11.2 Å². The standard InChI is InChI=1S/C36H39N2O/c1-19(2)24-14-28(20(3)4)33(29(15-24)21(5)6)25-16-30-34-31(17-25)39-36-23(8)27-13-11-10-12-26(27)22(7)32(36)35(34)38(9)18-37-30/h10-21H,1-9H3/q+1. The van der Waals surface area contributed by atoms with Gasteiger partial charge >= 0.3 is 0 Å². The van der Waals surface area contributed by atoms with E-state index in [0.29, 0.717) is 17.8 Å². The fraction of sp³-hybridized carbons (Fsp3) is 0.333. The highest BCUT2D eigenvalue weighted by molar-refractivity contribution is 6.06. The van der Waals surface area contributed by atoms with Crippen LogP contribution in [0, 0.1) is 13.8 Å². The minimum atomic E-state index is 0.401. The first kappa shape index (κ1) is 25.6. The van der Waals surface area contributed by atoms with Gasteiger partial charge in [0.2, 0.25) is 0 Å². The van der Waals surface area contributed by atoms with Crippen LogP contribution in [0.1, 0.15) is 87.1 Å². The number of hydrogen-bond acceptors (Lipinski definition) is 2. The largest absolute Gasteiger partial charge is 0.455 e. The van der Waals surface area contributed by atoms with Gasteiger partial charge in [-0.3, -0.25) is 0 Å². The second kappa shape index (κ2) is 9.19. The summed E-state index contributed by atoms with van der Waals surface area (Å²) >= 11 is 0. The van der Waals surface area contributed by atoms with Crippen LogP contribution in [0.2, 0.25) is 0 Å². The molecule has 3 nitrogen and oxygen atoms in total. The summed E-state index contributed by atoms with van der Waals surface area (Å²) in [5.74, 6) is 3.14. The summed E-state index contributed by atoms with van der Waals surface area (Å²) in [5, 5.41) is 3.61. The second-order valence-corrected chi connectivity index (χ2v) is 12.2. The third kappa shape index (κ3) is 3.85. The van der Waals surface area contributed by atoms with E-state index in [9.17, 15) is 0 Å². The molecule has 4 aromatic carbocycles. The van der Waals surface area contributed by atoms with Gasteiger partial charge in [-0.15, -0.1) is 0 Å². The molecule has 0 N–H and O–H groups in total. The smallest absolute Gasteiger partial charge is 0.287 e. The number of benzene rings is 4. The molecule has 0 saturated carbocycles. The van der Waals surface area contributed by atoms with Crippen molar-refractivity contribution in [3.63, 3.8) is 0 Å². The first-order chi connectivity index (χ1) is 18.6. The van der Waals surface area contributed by atoms with Crippen molar-refractivity contribution in [2.75, 3.05) is 0 Å². The van der Waals surface area contributed by atoms with E-state index in [4.69, 9.17) is 9.72 Å². The van der Waals surface area contributed by atoms with Gasteiger partial charge in [0, 0.05) is 5.56 Å². The molecule has 39 heavy (non-hydrogen) atoms. The van der Waals surface area contributed by atoms with Crippen LogP contribution in [-0.4, -0.2) is 4.98 Å². The Balaban J connectivity index is 1.70. The van der Waals surface area contributed by atoms with Crippen LogP contribution >= 0.6 is 0 Å². The lowest BCUT2D eigenvalue weighted by molar-refractivity contribution is -0.662. The Hall–Kier alpha value is -3.72. The zero-order valence-electron chi connectivity index (χ0n) is 24.7. The van der Waals surface area contributed by atoms with Crippen LogP contribution in [0.3, 0.4) is 0 Å². The van der Waals surface area contributed by atoms with Crippen molar-refractivity contribution in [3.8, 4) is 33.9 Å². The van der Waals surface area contributed by atoms with Crippen LogP contribution in [0.25, 0.3) is 44.1 Å². The Morgan fingerprint density at radius 1 is 0.744 bits per heavy atom. The summed E-state index contributed by atoms with van der Waals surface area (Å²) in [6, 6.07) is 18.0. The van der Waals surface area contributed by atoms with Crippen LogP contribution in [0.5, 0.6) is 11.5 Å². The van der Waals surface area contributed by atoms with Gasteiger partial charge in [0.05, 0.1) is 12.6 Å². The van der Waals surface area contributed by atoms with Crippen molar-refractivity contribution in [2.24, 2.45) is 7.05 Å². The van der Waals surface area contributed by atoms with E-state index in [0.717, 1.165) is 22.4 Å². The molecule has 0 aliphatic carbocycles. The van der Waals surface area contributed by atoms with Crippen LogP contribution in [-0.2, 0) is 7.05 Å². The maximum atomic E-state index is 6.90. The monoisotopic (exact) mass is 515 g/mol. The number of fused-ring (bicyclic) bond motifs is 3. The first-order valence-electron chi connectivity index (χ1n) is 14.3. The number of hydrogen-bond donors (Lipinski definition) is 0. The van der Waals surface area contributed by atoms with E-state index in [1.807, 2.05) is 6.33 Å². The van der Waals surface area contributed by atoms with Gasteiger partial charge in [-0.05, 0) is 92.9 Å². The normalized spacial score (nSPS) is 12.6. The van der Waals surface area contributed by atoms with Crippen molar-refractivity contribution in [3.05, 3.63) is 82.7 Å². The van der Waals surface area contributed by atoms with E-state index in [2.05, 4.69) is 116 Å². The lowest BCUT2D eigenvalue weighted by Gasteiger charge is -2.26. The molecule has 198 valence electrons. The molecule has 0 radical (unpaired) electrons. The van der Waals surface area contributed by atoms with Gasteiger partial charge in [-0.1, -0.05) is 77.9 Å². The summed E-state index contributed by atoms with van der Waals surface area (Å²) in [6.07, 6.45) is 1.96. The van der Waals surface area contributed by atoms with Crippen molar-refractivity contribution < 1.29 is 9.30 Å². The summed E-state index contributed by atoms with van der Waals surface area (Å²) < 4.78 is 9.05. The predicted octanol–water partition coefficient (Wildman–Crippen LogP) is 9.64. The molecular weight excluding hydrogens is 476 g/mol. The van der Waals surface area contributed by atoms with Crippen molar-refractivity contribution in [2.45, 2.75) is 73.1 Å². The molecule has 0 unspecified atom stereocenters.